The first-order chi connectivity index (χ1) is 15.7. The second kappa shape index (κ2) is 9.25. The summed E-state index contributed by atoms with van der Waals surface area (Å²) in [6.45, 7) is 3.86. The van der Waals surface area contributed by atoms with Gasteiger partial charge in [0.1, 0.15) is 5.75 Å². The number of hydrogen-bond donors (Lipinski definition) is 0. The van der Waals surface area contributed by atoms with E-state index in [1.165, 1.54) is 0 Å². The average molecular weight is 435 g/mol. The van der Waals surface area contributed by atoms with Crippen LogP contribution in [0.5, 0.6) is 17.2 Å². The van der Waals surface area contributed by atoms with Crippen LogP contribution in [0, 0.1) is 5.92 Å². The molecule has 0 saturated carbocycles. The Morgan fingerprint density at radius 3 is 2.91 bits per heavy atom. The molecule has 0 aromatic heterocycles. The molecule has 0 unspecified atom stereocenters. The zero-order chi connectivity index (χ0) is 21.9. The summed E-state index contributed by atoms with van der Waals surface area (Å²) in [5, 5.41) is 0. The molecular formula is C26H30N2O4. The predicted molar refractivity (Wildman–Crippen MR) is 123 cm³/mol. The van der Waals surface area contributed by atoms with Gasteiger partial charge in [0.25, 0.3) is 0 Å². The molecule has 0 N–H and O–H groups in total. The van der Waals surface area contributed by atoms with E-state index in [0.717, 1.165) is 60.9 Å². The maximum absolute atomic E-state index is 12.8. The molecule has 32 heavy (non-hydrogen) atoms. The highest BCUT2D eigenvalue weighted by atomic mass is 16.7. The Balaban J connectivity index is 1.21. The third-order valence-electron chi connectivity index (χ3n) is 6.82. The molecule has 3 heterocycles. The van der Waals surface area contributed by atoms with Crippen LogP contribution in [0.3, 0.4) is 0 Å². The van der Waals surface area contributed by atoms with Crippen molar-refractivity contribution in [1.29, 1.82) is 0 Å². The van der Waals surface area contributed by atoms with Crippen molar-refractivity contribution >= 4 is 12.0 Å². The minimum absolute atomic E-state index is 0.271. The van der Waals surface area contributed by atoms with Crippen LogP contribution in [0.15, 0.2) is 48.5 Å². The van der Waals surface area contributed by atoms with E-state index >= 15 is 0 Å². The minimum atomic E-state index is 0.271. The van der Waals surface area contributed by atoms with Gasteiger partial charge in [0.15, 0.2) is 11.5 Å². The normalized spacial score (nSPS) is 22.9. The van der Waals surface area contributed by atoms with Crippen molar-refractivity contribution < 1.29 is 19.0 Å². The zero-order valence-corrected chi connectivity index (χ0v) is 18.5. The highest BCUT2D eigenvalue weighted by molar-refractivity contribution is 5.77. The highest BCUT2D eigenvalue weighted by Gasteiger charge is 2.39. The Hall–Kier alpha value is -2.99. The Kier molecular flexibility index (Phi) is 6.04. The summed E-state index contributed by atoms with van der Waals surface area (Å²) in [4.78, 5) is 17.4. The van der Waals surface area contributed by atoms with E-state index in [1.54, 1.807) is 7.11 Å². The summed E-state index contributed by atoms with van der Waals surface area (Å²) >= 11 is 0. The summed E-state index contributed by atoms with van der Waals surface area (Å²) in [6, 6.07) is 14.4. The number of benzene rings is 2. The van der Waals surface area contributed by atoms with Gasteiger partial charge in [0.05, 0.1) is 7.11 Å². The number of methoxy groups -OCH3 is 1. The quantitative estimate of drug-likeness (QED) is 0.689. The molecule has 1 amide bonds. The molecule has 6 heteroatoms. The monoisotopic (exact) mass is 434 g/mol. The van der Waals surface area contributed by atoms with E-state index in [-0.39, 0.29) is 12.7 Å². The number of para-hydroxylation sites is 1. The number of carbonyl (C=O) groups is 1. The fourth-order valence-corrected chi connectivity index (χ4v) is 5.17. The van der Waals surface area contributed by atoms with Crippen LogP contribution in [0.4, 0.5) is 0 Å². The number of rotatable bonds is 6. The molecule has 168 valence electrons. The summed E-state index contributed by atoms with van der Waals surface area (Å²) in [6.07, 6.45) is 6.99. The zero-order valence-electron chi connectivity index (χ0n) is 18.5. The standard InChI is InChI=1S/C26H30N2O4/c1-30-23-7-3-2-5-20(23)6-4-13-27-14-12-22-21(17-27)9-11-26(29)28(22)16-19-8-10-24-25(15-19)32-18-31-24/h2-8,10,15,21-22H,9,11-14,16-18H2,1H3/b6-4+/t21-,22+/m1/s1. The van der Waals surface area contributed by atoms with Gasteiger partial charge in [-0.25, -0.2) is 0 Å². The summed E-state index contributed by atoms with van der Waals surface area (Å²) in [5.41, 5.74) is 2.20. The third kappa shape index (κ3) is 4.32. The minimum Gasteiger partial charge on any atom is -0.496 e. The lowest BCUT2D eigenvalue weighted by Gasteiger charge is -2.47. The van der Waals surface area contributed by atoms with Crippen molar-refractivity contribution in [2.24, 2.45) is 5.92 Å². The van der Waals surface area contributed by atoms with Crippen molar-refractivity contribution in [3.63, 3.8) is 0 Å². The molecule has 0 radical (unpaired) electrons. The van der Waals surface area contributed by atoms with Gasteiger partial charge in [0.2, 0.25) is 12.7 Å². The lowest BCUT2D eigenvalue weighted by atomic mass is 9.83. The van der Waals surface area contributed by atoms with Crippen LogP contribution < -0.4 is 14.2 Å². The van der Waals surface area contributed by atoms with E-state index in [2.05, 4.69) is 28.0 Å². The van der Waals surface area contributed by atoms with Gasteiger partial charge in [-0.05, 0) is 42.5 Å². The summed E-state index contributed by atoms with van der Waals surface area (Å²) in [7, 11) is 1.71. The summed E-state index contributed by atoms with van der Waals surface area (Å²) < 4.78 is 16.4. The topological polar surface area (TPSA) is 51.2 Å². The Labute approximate surface area is 189 Å². The highest BCUT2D eigenvalue weighted by Crippen LogP contribution is 2.35. The summed E-state index contributed by atoms with van der Waals surface area (Å²) in [5.74, 6) is 3.25. The predicted octanol–water partition coefficient (Wildman–Crippen LogP) is 3.95. The van der Waals surface area contributed by atoms with Crippen molar-refractivity contribution in [2.75, 3.05) is 33.5 Å². The second-order valence-electron chi connectivity index (χ2n) is 8.77. The van der Waals surface area contributed by atoms with Crippen LogP contribution in [0.25, 0.3) is 6.08 Å². The number of likely N-dealkylation sites (tertiary alicyclic amines) is 2. The molecule has 3 aliphatic heterocycles. The van der Waals surface area contributed by atoms with Crippen LogP contribution in [0.1, 0.15) is 30.4 Å². The van der Waals surface area contributed by atoms with Gasteiger partial charge in [-0.3, -0.25) is 9.69 Å². The molecule has 3 aliphatic rings. The van der Waals surface area contributed by atoms with Crippen LogP contribution in [-0.4, -0.2) is 55.3 Å². The molecule has 0 bridgehead atoms. The Morgan fingerprint density at radius 2 is 2.00 bits per heavy atom. The van der Waals surface area contributed by atoms with Crippen LogP contribution in [-0.2, 0) is 11.3 Å². The number of hydrogen-bond acceptors (Lipinski definition) is 5. The van der Waals surface area contributed by atoms with Gasteiger partial charge in [-0.1, -0.05) is 36.4 Å². The lowest BCUT2D eigenvalue weighted by molar-refractivity contribution is -0.141. The molecule has 2 atom stereocenters. The van der Waals surface area contributed by atoms with E-state index in [4.69, 9.17) is 14.2 Å². The van der Waals surface area contributed by atoms with Gasteiger partial charge < -0.3 is 19.1 Å². The number of fused-ring (bicyclic) bond motifs is 2. The second-order valence-corrected chi connectivity index (χ2v) is 8.77. The smallest absolute Gasteiger partial charge is 0.231 e. The lowest BCUT2D eigenvalue weighted by Crippen LogP contribution is -2.55. The largest absolute Gasteiger partial charge is 0.496 e. The van der Waals surface area contributed by atoms with Crippen molar-refractivity contribution in [3.8, 4) is 17.2 Å². The number of carbonyl (C=O) groups excluding carboxylic acids is 1. The Morgan fingerprint density at radius 1 is 1.12 bits per heavy atom. The molecule has 2 saturated heterocycles. The first-order valence-corrected chi connectivity index (χ1v) is 11.4. The van der Waals surface area contributed by atoms with Crippen LogP contribution >= 0.6 is 0 Å². The van der Waals surface area contributed by atoms with E-state index in [1.807, 2.05) is 36.4 Å². The fourth-order valence-electron chi connectivity index (χ4n) is 5.17. The molecule has 6 nitrogen and oxygen atoms in total. The van der Waals surface area contributed by atoms with Crippen molar-refractivity contribution in [1.82, 2.24) is 9.80 Å². The first-order valence-electron chi connectivity index (χ1n) is 11.4. The van der Waals surface area contributed by atoms with E-state index < -0.39 is 0 Å². The van der Waals surface area contributed by atoms with Gasteiger partial charge in [0, 0.05) is 44.2 Å². The number of nitrogens with zero attached hydrogens (tertiary/aromatic N) is 2. The molecule has 2 aromatic carbocycles. The molecule has 5 rings (SSSR count). The van der Waals surface area contributed by atoms with Gasteiger partial charge >= 0.3 is 0 Å². The van der Waals surface area contributed by atoms with Gasteiger partial charge in [-0.15, -0.1) is 0 Å². The number of piperidine rings is 2. The Bertz CT molecular complexity index is 1010. The molecular weight excluding hydrogens is 404 g/mol. The SMILES string of the molecule is COc1ccccc1/C=C/CN1CC[C@H]2[C@H](CCC(=O)N2Cc2ccc3c(c2)OCO3)C1. The van der Waals surface area contributed by atoms with Crippen LogP contribution in [0.2, 0.25) is 0 Å². The molecule has 0 spiro atoms. The van der Waals surface area contributed by atoms with Crippen molar-refractivity contribution in [2.45, 2.75) is 31.8 Å². The van der Waals surface area contributed by atoms with E-state index in [9.17, 15) is 4.79 Å². The maximum atomic E-state index is 12.8. The van der Waals surface area contributed by atoms with Gasteiger partial charge in [-0.2, -0.15) is 0 Å². The average Bonchev–Trinajstić information content (AvgIpc) is 3.29. The number of ether oxygens (including phenoxy) is 3. The maximum Gasteiger partial charge on any atom is 0.231 e. The third-order valence-corrected chi connectivity index (χ3v) is 6.82. The van der Waals surface area contributed by atoms with E-state index in [0.29, 0.717) is 24.9 Å². The number of amides is 1. The molecule has 2 aromatic rings. The fraction of sp³-hybridized carbons (Fsp3) is 0.423. The molecule has 2 fully saturated rings. The van der Waals surface area contributed by atoms with Crippen molar-refractivity contribution in [3.05, 3.63) is 59.7 Å². The molecule has 0 aliphatic carbocycles. The first kappa shape index (κ1) is 20.9.